The van der Waals surface area contributed by atoms with Crippen molar-refractivity contribution >= 4 is 5.91 Å². The van der Waals surface area contributed by atoms with Crippen molar-refractivity contribution in [3.63, 3.8) is 0 Å². The van der Waals surface area contributed by atoms with Crippen molar-refractivity contribution < 1.29 is 9.32 Å². The lowest BCUT2D eigenvalue weighted by atomic mass is 9.74. The topological polar surface area (TPSA) is 89.9 Å². The van der Waals surface area contributed by atoms with E-state index in [1.807, 2.05) is 27.8 Å². The van der Waals surface area contributed by atoms with Gasteiger partial charge < -0.3 is 14.0 Å². The van der Waals surface area contributed by atoms with Crippen LogP contribution in [0.25, 0.3) is 11.5 Å². The maximum Gasteiger partial charge on any atom is 0.259 e. The fourth-order valence-corrected chi connectivity index (χ4v) is 4.51. The Labute approximate surface area is 175 Å². The first-order valence-electron chi connectivity index (χ1n) is 10.7. The number of piperidine rings is 1. The Bertz CT molecular complexity index is 982. The van der Waals surface area contributed by atoms with E-state index in [2.05, 4.69) is 15.1 Å². The maximum absolute atomic E-state index is 13.0. The standard InChI is InChI=1S/C22H26N6O2/c29-19(6-11-27-12-9-24-16-27)28-10-2-7-22(15-28,13-17-4-5-17)21-25-20(30-26-21)18-3-1-8-23-14-18/h1,3,8-9,12,14,16-17H,2,4-7,10-11,13,15H2. The highest BCUT2D eigenvalue weighted by Crippen LogP contribution is 2.46. The van der Waals surface area contributed by atoms with Gasteiger partial charge >= 0.3 is 0 Å². The van der Waals surface area contributed by atoms with Crippen LogP contribution in [0, 0.1) is 5.92 Å². The van der Waals surface area contributed by atoms with Crippen LogP contribution in [-0.2, 0) is 16.8 Å². The van der Waals surface area contributed by atoms with Crippen LogP contribution in [0.2, 0.25) is 0 Å². The minimum absolute atomic E-state index is 0.180. The van der Waals surface area contributed by atoms with Gasteiger partial charge in [0.15, 0.2) is 5.82 Å². The maximum atomic E-state index is 13.0. The molecule has 3 aromatic rings. The van der Waals surface area contributed by atoms with Gasteiger partial charge in [-0.15, -0.1) is 0 Å². The fourth-order valence-electron chi connectivity index (χ4n) is 4.51. The van der Waals surface area contributed by atoms with Crippen LogP contribution in [0.3, 0.4) is 0 Å². The first-order valence-corrected chi connectivity index (χ1v) is 10.7. The molecule has 1 aliphatic carbocycles. The van der Waals surface area contributed by atoms with Crippen LogP contribution in [0.1, 0.15) is 44.3 Å². The second-order valence-corrected chi connectivity index (χ2v) is 8.56. The summed E-state index contributed by atoms with van der Waals surface area (Å²) in [5.74, 6) is 2.11. The molecule has 30 heavy (non-hydrogen) atoms. The van der Waals surface area contributed by atoms with Gasteiger partial charge in [-0.1, -0.05) is 18.0 Å². The molecule has 1 amide bonds. The van der Waals surface area contributed by atoms with Gasteiger partial charge in [-0.3, -0.25) is 9.78 Å². The minimum Gasteiger partial charge on any atom is -0.342 e. The Morgan fingerprint density at radius 1 is 1.27 bits per heavy atom. The fraction of sp³-hybridized carbons (Fsp3) is 0.500. The van der Waals surface area contributed by atoms with Crippen molar-refractivity contribution in [2.24, 2.45) is 5.92 Å². The lowest BCUT2D eigenvalue weighted by Gasteiger charge is -2.41. The number of pyridine rings is 1. The Kier molecular flexibility index (Phi) is 5.06. The molecule has 8 nitrogen and oxygen atoms in total. The highest BCUT2D eigenvalue weighted by Gasteiger charge is 2.45. The number of hydrogen-bond donors (Lipinski definition) is 0. The zero-order valence-electron chi connectivity index (χ0n) is 17.0. The van der Waals surface area contributed by atoms with Crippen LogP contribution < -0.4 is 0 Å². The molecule has 0 spiro atoms. The summed E-state index contributed by atoms with van der Waals surface area (Å²) in [5, 5.41) is 4.39. The molecular weight excluding hydrogens is 380 g/mol. The second kappa shape index (κ2) is 8.01. The third kappa shape index (κ3) is 3.99. The normalized spacial score (nSPS) is 21.7. The van der Waals surface area contributed by atoms with Crippen molar-refractivity contribution in [2.45, 2.75) is 50.5 Å². The molecule has 1 atom stereocenters. The number of likely N-dealkylation sites (tertiary alicyclic amines) is 1. The van der Waals surface area contributed by atoms with Crippen LogP contribution in [-0.4, -0.2) is 48.6 Å². The Balaban J connectivity index is 1.35. The summed E-state index contributed by atoms with van der Waals surface area (Å²) in [6.07, 6.45) is 14.8. The van der Waals surface area contributed by atoms with Gasteiger partial charge in [0.2, 0.25) is 5.91 Å². The molecule has 156 valence electrons. The SMILES string of the molecule is O=C(CCn1ccnc1)N1CCCC(CC2CC2)(c2noc(-c3cccnc3)n2)C1. The van der Waals surface area contributed by atoms with E-state index in [-0.39, 0.29) is 11.3 Å². The van der Waals surface area contributed by atoms with Crippen LogP contribution >= 0.6 is 0 Å². The van der Waals surface area contributed by atoms with E-state index in [0.29, 0.717) is 31.3 Å². The first-order chi connectivity index (χ1) is 14.7. The number of rotatable bonds is 7. The van der Waals surface area contributed by atoms with Crippen molar-refractivity contribution in [1.29, 1.82) is 0 Å². The molecule has 2 fully saturated rings. The number of hydrogen-bond acceptors (Lipinski definition) is 6. The first kappa shape index (κ1) is 19.0. The molecule has 3 aromatic heterocycles. The van der Waals surface area contributed by atoms with Gasteiger partial charge in [0.25, 0.3) is 5.89 Å². The van der Waals surface area contributed by atoms with E-state index in [0.717, 1.165) is 37.2 Å². The van der Waals surface area contributed by atoms with E-state index in [4.69, 9.17) is 9.51 Å². The van der Waals surface area contributed by atoms with Gasteiger partial charge in [-0.2, -0.15) is 4.98 Å². The predicted octanol–water partition coefficient (Wildman–Crippen LogP) is 3.08. The molecule has 0 bridgehead atoms. The molecule has 5 rings (SSSR count). The highest BCUT2D eigenvalue weighted by atomic mass is 16.5. The molecule has 8 heteroatoms. The molecule has 1 saturated heterocycles. The summed E-state index contributed by atoms with van der Waals surface area (Å²) in [4.78, 5) is 27.9. The average molecular weight is 406 g/mol. The third-order valence-corrected chi connectivity index (χ3v) is 6.26. The van der Waals surface area contributed by atoms with Gasteiger partial charge in [0.1, 0.15) is 0 Å². The predicted molar refractivity (Wildman–Crippen MR) is 109 cm³/mol. The van der Waals surface area contributed by atoms with Crippen molar-refractivity contribution in [2.75, 3.05) is 13.1 Å². The molecule has 1 saturated carbocycles. The molecule has 2 aliphatic rings. The van der Waals surface area contributed by atoms with E-state index < -0.39 is 0 Å². The third-order valence-electron chi connectivity index (χ3n) is 6.26. The molecule has 0 aromatic carbocycles. The number of nitrogens with zero attached hydrogens (tertiary/aromatic N) is 6. The van der Waals surface area contributed by atoms with Crippen LogP contribution in [0.15, 0.2) is 47.8 Å². The average Bonchev–Trinajstić information content (AvgIpc) is 3.23. The quantitative estimate of drug-likeness (QED) is 0.599. The number of imidazole rings is 1. The molecule has 0 N–H and O–H groups in total. The van der Waals surface area contributed by atoms with Crippen molar-refractivity contribution in [1.82, 2.24) is 29.6 Å². The molecule has 1 aliphatic heterocycles. The summed E-state index contributed by atoms with van der Waals surface area (Å²) < 4.78 is 7.55. The number of carbonyl (C=O) groups is 1. The van der Waals surface area contributed by atoms with Gasteiger partial charge in [-0.25, -0.2) is 4.98 Å². The van der Waals surface area contributed by atoms with Gasteiger partial charge in [0, 0.05) is 50.8 Å². The monoisotopic (exact) mass is 406 g/mol. The van der Waals surface area contributed by atoms with Gasteiger partial charge in [-0.05, 0) is 37.3 Å². The molecule has 4 heterocycles. The van der Waals surface area contributed by atoms with Crippen molar-refractivity contribution in [3.8, 4) is 11.5 Å². The molecular formula is C22H26N6O2. The number of aryl methyl sites for hydroxylation is 1. The summed E-state index contributed by atoms with van der Waals surface area (Å²) in [6.45, 7) is 2.11. The molecule has 0 radical (unpaired) electrons. The smallest absolute Gasteiger partial charge is 0.259 e. The number of carbonyl (C=O) groups excluding carboxylic acids is 1. The van der Waals surface area contributed by atoms with Gasteiger partial charge in [0.05, 0.1) is 17.3 Å². The number of amides is 1. The summed E-state index contributed by atoms with van der Waals surface area (Å²) in [7, 11) is 0. The zero-order chi connectivity index (χ0) is 20.4. The lowest BCUT2D eigenvalue weighted by Crippen LogP contribution is -2.49. The largest absolute Gasteiger partial charge is 0.342 e. The summed E-state index contributed by atoms with van der Waals surface area (Å²) >= 11 is 0. The highest BCUT2D eigenvalue weighted by molar-refractivity contribution is 5.76. The van der Waals surface area contributed by atoms with E-state index in [9.17, 15) is 4.79 Å². The van der Waals surface area contributed by atoms with E-state index in [1.54, 1.807) is 24.9 Å². The Morgan fingerprint density at radius 3 is 2.97 bits per heavy atom. The minimum atomic E-state index is -0.228. The number of aromatic nitrogens is 5. The van der Waals surface area contributed by atoms with Crippen LogP contribution in [0.5, 0.6) is 0 Å². The van der Waals surface area contributed by atoms with Crippen molar-refractivity contribution in [3.05, 3.63) is 49.1 Å². The zero-order valence-corrected chi connectivity index (χ0v) is 17.0. The summed E-state index contributed by atoms with van der Waals surface area (Å²) in [5.41, 5.74) is 0.593. The Morgan fingerprint density at radius 2 is 2.20 bits per heavy atom. The van der Waals surface area contributed by atoms with E-state index in [1.165, 1.54) is 12.8 Å². The Hall–Kier alpha value is -3.03. The van der Waals surface area contributed by atoms with E-state index >= 15 is 0 Å². The second-order valence-electron chi connectivity index (χ2n) is 8.56. The lowest BCUT2D eigenvalue weighted by molar-refractivity contribution is -0.134. The van der Waals surface area contributed by atoms with Crippen LogP contribution in [0.4, 0.5) is 0 Å². The molecule has 1 unspecified atom stereocenters. The summed E-state index contributed by atoms with van der Waals surface area (Å²) in [6, 6.07) is 3.78.